The summed E-state index contributed by atoms with van der Waals surface area (Å²) in [5, 5.41) is 17.8. The van der Waals surface area contributed by atoms with E-state index in [-0.39, 0.29) is 16.6 Å². The fourth-order valence-electron chi connectivity index (χ4n) is 6.25. The minimum atomic E-state index is -4.27. The third-order valence-corrected chi connectivity index (χ3v) is 9.93. The highest BCUT2D eigenvalue weighted by Crippen LogP contribution is 2.33. The highest BCUT2D eigenvalue weighted by Gasteiger charge is 2.29. The third-order valence-electron chi connectivity index (χ3n) is 8.89. The Hall–Kier alpha value is -5.24. The van der Waals surface area contributed by atoms with Crippen LogP contribution in [0.15, 0.2) is 67.1 Å². The number of hydrogen-bond donors (Lipinski definition) is 2. The van der Waals surface area contributed by atoms with E-state index in [2.05, 4.69) is 62.1 Å². The zero-order chi connectivity index (χ0) is 34.7. The molecule has 2 aromatic carbocycles. The number of aryl methyl sites for hydroxylation is 3. The van der Waals surface area contributed by atoms with Gasteiger partial charge in [-0.25, -0.2) is 14.8 Å². The molecule has 0 spiro atoms. The summed E-state index contributed by atoms with van der Waals surface area (Å²) in [4.78, 5) is 26.7. The van der Waals surface area contributed by atoms with E-state index in [1.165, 1.54) is 11.9 Å². The van der Waals surface area contributed by atoms with Crippen LogP contribution < -0.4 is 10.6 Å². The Morgan fingerprint density at radius 1 is 1.14 bits per heavy atom. The van der Waals surface area contributed by atoms with Crippen molar-refractivity contribution in [3.63, 3.8) is 0 Å². The maximum Gasteiger partial charge on any atom is 0.393 e. The average molecular weight is 683 g/mol. The third kappa shape index (κ3) is 7.75. The van der Waals surface area contributed by atoms with Crippen LogP contribution in [-0.2, 0) is 30.7 Å². The van der Waals surface area contributed by atoms with Crippen LogP contribution in [0.4, 0.5) is 24.7 Å². The van der Waals surface area contributed by atoms with Gasteiger partial charge in [0.25, 0.3) is 5.91 Å². The SMILES string of the molecule is [C-]#[N+]C(=C)C(=O)Nc1ccc(CCn2c(C#N)cc3c(C)c(CN4CCC(Nc5ncnc6sc(CC(F)(F)F)cc56)CC4)ccc32)cc1. The number of carbonyl (C=O) groups is 1. The van der Waals surface area contributed by atoms with Crippen molar-refractivity contribution in [2.75, 3.05) is 23.7 Å². The molecule has 0 atom stereocenters. The molecule has 1 fully saturated rings. The van der Waals surface area contributed by atoms with Crippen molar-refractivity contribution in [1.29, 1.82) is 5.26 Å². The monoisotopic (exact) mass is 682 g/mol. The molecule has 49 heavy (non-hydrogen) atoms. The van der Waals surface area contributed by atoms with Crippen molar-refractivity contribution in [2.45, 2.75) is 57.9 Å². The first-order valence-electron chi connectivity index (χ1n) is 15.8. The first kappa shape index (κ1) is 33.7. The molecule has 2 N–H and O–H groups in total. The summed E-state index contributed by atoms with van der Waals surface area (Å²) in [5.41, 5.74) is 5.40. The second-order valence-electron chi connectivity index (χ2n) is 12.2. The summed E-state index contributed by atoms with van der Waals surface area (Å²) in [6, 6.07) is 17.6. The van der Waals surface area contributed by atoms with Crippen molar-refractivity contribution in [3.05, 3.63) is 106 Å². The molecular weight excluding hydrogens is 650 g/mol. The lowest BCUT2D eigenvalue weighted by Crippen LogP contribution is -2.39. The number of likely N-dealkylation sites (tertiary alicyclic amines) is 1. The van der Waals surface area contributed by atoms with Crippen LogP contribution in [0.1, 0.15) is 40.1 Å². The minimum Gasteiger partial charge on any atom is -0.367 e. The van der Waals surface area contributed by atoms with Gasteiger partial charge in [-0.15, -0.1) is 11.3 Å². The number of nitrogens with one attached hydrogen (secondary N) is 2. The van der Waals surface area contributed by atoms with E-state index < -0.39 is 18.5 Å². The van der Waals surface area contributed by atoms with Crippen LogP contribution in [0.3, 0.4) is 0 Å². The average Bonchev–Trinajstić information content (AvgIpc) is 3.66. The number of nitrogens with zero attached hydrogens (tertiary/aromatic N) is 6. The number of halogens is 3. The van der Waals surface area contributed by atoms with Gasteiger partial charge < -0.3 is 15.2 Å². The zero-order valence-corrected chi connectivity index (χ0v) is 27.6. The Bertz CT molecular complexity index is 2110. The summed E-state index contributed by atoms with van der Waals surface area (Å²) >= 11 is 1.05. The Balaban J connectivity index is 1.07. The van der Waals surface area contributed by atoms with Gasteiger partial charge in [0.2, 0.25) is 5.70 Å². The second kappa shape index (κ2) is 14.1. The van der Waals surface area contributed by atoms with Gasteiger partial charge in [0.05, 0.1) is 18.4 Å². The summed E-state index contributed by atoms with van der Waals surface area (Å²) in [7, 11) is 0. The molecule has 1 amide bonds. The molecule has 6 rings (SSSR count). The van der Waals surface area contributed by atoms with Crippen LogP contribution in [0.5, 0.6) is 0 Å². The van der Waals surface area contributed by atoms with Gasteiger partial charge in [0, 0.05) is 53.7 Å². The van der Waals surface area contributed by atoms with Gasteiger partial charge in [-0.1, -0.05) is 24.8 Å². The highest BCUT2D eigenvalue weighted by atomic mass is 32.1. The predicted octanol–water partition coefficient (Wildman–Crippen LogP) is 7.62. The van der Waals surface area contributed by atoms with E-state index in [1.807, 2.05) is 22.8 Å². The van der Waals surface area contributed by atoms with Crippen LogP contribution in [-0.4, -0.2) is 50.6 Å². The van der Waals surface area contributed by atoms with Crippen molar-refractivity contribution in [3.8, 4) is 6.07 Å². The van der Waals surface area contributed by atoms with Crippen molar-refractivity contribution < 1.29 is 18.0 Å². The molecule has 0 aliphatic carbocycles. The van der Waals surface area contributed by atoms with Gasteiger partial charge >= 0.3 is 6.18 Å². The number of hydrogen-bond acceptors (Lipinski definition) is 7. The van der Waals surface area contributed by atoms with Crippen molar-refractivity contribution >= 4 is 49.9 Å². The van der Waals surface area contributed by atoms with Gasteiger partial charge in [-0.3, -0.25) is 9.69 Å². The normalized spacial score (nSPS) is 14.1. The molecule has 1 aliphatic heterocycles. The molecule has 3 aromatic heterocycles. The number of benzene rings is 2. The van der Waals surface area contributed by atoms with Crippen molar-refractivity contribution in [2.24, 2.45) is 0 Å². The topological polar surface area (TPSA) is 103 Å². The number of alkyl halides is 3. The Morgan fingerprint density at radius 2 is 1.90 bits per heavy atom. The number of anilines is 2. The fourth-order valence-corrected chi connectivity index (χ4v) is 7.28. The summed E-state index contributed by atoms with van der Waals surface area (Å²) in [5.74, 6) is 0.0541. The first-order chi connectivity index (χ1) is 23.5. The van der Waals surface area contributed by atoms with Crippen molar-refractivity contribution in [1.82, 2.24) is 19.4 Å². The Kier molecular flexibility index (Phi) is 9.67. The first-order valence-corrected chi connectivity index (χ1v) is 16.6. The molecule has 9 nitrogen and oxygen atoms in total. The maximum absolute atomic E-state index is 12.9. The smallest absolute Gasteiger partial charge is 0.367 e. The molecule has 0 bridgehead atoms. The number of piperidine rings is 1. The summed E-state index contributed by atoms with van der Waals surface area (Å²) in [6.07, 6.45) is -1.42. The number of nitriles is 1. The summed E-state index contributed by atoms with van der Waals surface area (Å²) in [6.45, 7) is 15.5. The fraction of sp³-hybridized carbons (Fsp3) is 0.306. The highest BCUT2D eigenvalue weighted by molar-refractivity contribution is 7.18. The van der Waals surface area contributed by atoms with E-state index in [4.69, 9.17) is 6.57 Å². The largest absolute Gasteiger partial charge is 0.393 e. The van der Waals surface area contributed by atoms with Crippen LogP contribution in [0.25, 0.3) is 26.0 Å². The molecule has 1 aliphatic rings. The van der Waals surface area contributed by atoms with E-state index >= 15 is 0 Å². The number of amides is 1. The lowest BCUT2D eigenvalue weighted by atomic mass is 10.0. The van der Waals surface area contributed by atoms with Gasteiger partial charge in [0.15, 0.2) is 0 Å². The Labute approximate surface area is 285 Å². The number of thiophene rings is 1. The number of rotatable bonds is 10. The molecular formula is C36H33F3N8OS. The molecule has 13 heteroatoms. The molecule has 0 unspecified atom stereocenters. The van der Waals surface area contributed by atoms with Crippen LogP contribution >= 0.6 is 11.3 Å². The zero-order valence-electron chi connectivity index (χ0n) is 26.8. The van der Waals surface area contributed by atoms with Gasteiger partial charge in [-0.2, -0.15) is 18.4 Å². The van der Waals surface area contributed by atoms with Crippen LogP contribution in [0, 0.1) is 24.8 Å². The van der Waals surface area contributed by atoms with E-state index in [0.717, 1.165) is 65.8 Å². The standard InChI is InChI=1S/C36H33F3N8OS/c1-22-25(20-46-13-11-27(12-14-46)44-33-31-17-29(18-36(37,38)39)49-35(31)43-21-42-33)6-9-32-30(22)16-28(19-40)47(32)15-10-24-4-7-26(8-5-24)45-34(48)23(2)41-3/h4-9,16-17,21,27H,2,10-15,18,20H2,1H3,(H,45,48)(H,42,43,44). The molecule has 5 aromatic rings. The second-order valence-corrected chi connectivity index (χ2v) is 13.3. The number of fused-ring (bicyclic) bond motifs is 2. The lowest BCUT2D eigenvalue weighted by molar-refractivity contribution is -0.126. The molecule has 0 radical (unpaired) electrons. The van der Waals surface area contributed by atoms with E-state index in [1.54, 1.807) is 18.2 Å². The van der Waals surface area contributed by atoms with Gasteiger partial charge in [-0.05, 0) is 73.2 Å². The Morgan fingerprint density at radius 3 is 2.59 bits per heavy atom. The molecule has 1 saturated heterocycles. The number of carbonyl (C=O) groups excluding carboxylic acids is 1. The van der Waals surface area contributed by atoms with E-state index in [0.29, 0.717) is 40.4 Å². The van der Waals surface area contributed by atoms with Crippen LogP contribution in [0.2, 0.25) is 0 Å². The quantitative estimate of drug-likeness (QED) is 0.116. The minimum absolute atomic E-state index is 0.149. The molecule has 4 heterocycles. The van der Waals surface area contributed by atoms with Gasteiger partial charge in [0.1, 0.15) is 28.7 Å². The van der Waals surface area contributed by atoms with E-state index in [9.17, 15) is 23.2 Å². The summed E-state index contributed by atoms with van der Waals surface area (Å²) < 4.78 is 40.9. The molecule has 0 saturated carbocycles. The number of aromatic nitrogens is 3. The lowest BCUT2D eigenvalue weighted by Gasteiger charge is -2.33. The maximum atomic E-state index is 12.9. The predicted molar refractivity (Wildman–Crippen MR) is 185 cm³/mol. The molecule has 250 valence electrons.